The number of phosphoric ester groups is 1. The van der Waals surface area contributed by atoms with E-state index in [0.29, 0.717) is 17.4 Å². The fraction of sp³-hybridized carbons (Fsp3) is 0.718. The zero-order valence-electron chi connectivity index (χ0n) is 53.2. The summed E-state index contributed by atoms with van der Waals surface area (Å²) >= 11 is 0. The summed E-state index contributed by atoms with van der Waals surface area (Å²) in [4.78, 5) is 37.8. The highest BCUT2D eigenvalue weighted by Gasteiger charge is 2.30. The van der Waals surface area contributed by atoms with Crippen LogP contribution in [0.15, 0.2) is 109 Å². The van der Waals surface area contributed by atoms with Crippen LogP contribution in [0.4, 0.5) is 0 Å². The molecule has 0 bridgehead atoms. The molecule has 0 aromatic carbocycles. The largest absolute Gasteiger partial charge is 0.472 e. The van der Waals surface area contributed by atoms with E-state index in [4.69, 9.17) is 13.8 Å². The number of nitrogens with one attached hydrogen (secondary N) is 1. The lowest BCUT2D eigenvalue weighted by molar-refractivity contribution is -0.870. The van der Waals surface area contributed by atoms with Gasteiger partial charge < -0.3 is 19.4 Å². The molecule has 81 heavy (non-hydrogen) atoms. The average Bonchev–Trinajstić information content (AvgIpc) is 3.44. The van der Waals surface area contributed by atoms with Crippen molar-refractivity contribution >= 4 is 19.7 Å². The molecule has 0 radical (unpaired) electrons. The van der Waals surface area contributed by atoms with E-state index in [2.05, 4.69) is 123 Å². The van der Waals surface area contributed by atoms with Crippen molar-refractivity contribution in [3.05, 3.63) is 109 Å². The first-order chi connectivity index (χ1) is 39.4. The number of esters is 1. The van der Waals surface area contributed by atoms with E-state index in [1.807, 2.05) is 33.3 Å². The second kappa shape index (κ2) is 59.8. The topological polar surface area (TPSA) is 111 Å². The number of hydrogen-bond acceptors (Lipinski definition) is 6. The number of quaternary nitrogens is 1. The summed E-state index contributed by atoms with van der Waals surface area (Å²) in [5.41, 5.74) is 0. The van der Waals surface area contributed by atoms with Crippen LogP contribution < -0.4 is 5.32 Å². The molecule has 0 aliphatic heterocycles. The Morgan fingerprint density at radius 1 is 0.444 bits per heavy atom. The first-order valence-electron chi connectivity index (χ1n) is 33.2. The van der Waals surface area contributed by atoms with Crippen LogP contribution in [0, 0.1) is 0 Å². The summed E-state index contributed by atoms with van der Waals surface area (Å²) in [5, 5.41) is 3.03. The van der Waals surface area contributed by atoms with Crippen LogP contribution in [0.1, 0.15) is 278 Å². The van der Waals surface area contributed by atoms with E-state index in [1.165, 1.54) is 148 Å². The molecule has 10 heteroatoms. The highest BCUT2D eigenvalue weighted by molar-refractivity contribution is 7.47. The fourth-order valence-corrected chi connectivity index (χ4v) is 9.84. The van der Waals surface area contributed by atoms with E-state index in [9.17, 15) is 19.0 Å². The summed E-state index contributed by atoms with van der Waals surface area (Å²) in [6, 6.07) is -0.886. The van der Waals surface area contributed by atoms with Gasteiger partial charge in [0.1, 0.15) is 19.3 Å². The maximum atomic E-state index is 13.5. The van der Waals surface area contributed by atoms with Gasteiger partial charge in [0.25, 0.3) is 0 Å². The number of amides is 1. The number of ether oxygens (including phenoxy) is 1. The molecule has 0 saturated heterocycles. The molecule has 0 saturated carbocycles. The maximum absolute atomic E-state index is 13.5. The van der Waals surface area contributed by atoms with Gasteiger partial charge in [0.15, 0.2) is 0 Å². The van der Waals surface area contributed by atoms with Crippen molar-refractivity contribution in [3.63, 3.8) is 0 Å². The van der Waals surface area contributed by atoms with Gasteiger partial charge in [0.05, 0.1) is 33.8 Å². The van der Waals surface area contributed by atoms with Crippen molar-refractivity contribution in [2.75, 3.05) is 40.9 Å². The number of nitrogens with zero attached hydrogens (tertiary/aromatic N) is 1. The Hall–Kier alpha value is -3.33. The summed E-state index contributed by atoms with van der Waals surface area (Å²) < 4.78 is 30.7. The van der Waals surface area contributed by atoms with Gasteiger partial charge in [0, 0.05) is 12.8 Å². The van der Waals surface area contributed by atoms with E-state index >= 15 is 0 Å². The Kier molecular flexibility index (Phi) is 57.4. The van der Waals surface area contributed by atoms with Gasteiger partial charge >= 0.3 is 13.8 Å². The van der Waals surface area contributed by atoms with E-state index < -0.39 is 20.0 Å². The third-order valence-corrected chi connectivity index (χ3v) is 15.2. The van der Waals surface area contributed by atoms with Crippen LogP contribution in [0.2, 0.25) is 0 Å². The summed E-state index contributed by atoms with van der Waals surface area (Å²) in [6.45, 7) is 6.83. The second-order valence-electron chi connectivity index (χ2n) is 23.3. The van der Waals surface area contributed by atoms with Crippen LogP contribution in [-0.2, 0) is 27.9 Å². The van der Waals surface area contributed by atoms with Gasteiger partial charge in [-0.1, -0.05) is 265 Å². The number of carbonyl (C=O) groups is 2. The lowest BCUT2D eigenvalue weighted by Gasteiger charge is -2.27. The number of hydrogen-bond donors (Lipinski definition) is 2. The lowest BCUT2D eigenvalue weighted by atomic mass is 10.0. The summed E-state index contributed by atoms with van der Waals surface area (Å²) in [6.07, 6.45) is 82.5. The van der Waals surface area contributed by atoms with Gasteiger partial charge in [-0.05, 0) is 109 Å². The Labute approximate surface area is 500 Å². The van der Waals surface area contributed by atoms with Gasteiger partial charge in [0.2, 0.25) is 5.91 Å². The molecular weight excluding hydrogens is 1020 g/mol. The number of rotatable bonds is 59. The van der Waals surface area contributed by atoms with Crippen LogP contribution in [0.25, 0.3) is 0 Å². The summed E-state index contributed by atoms with van der Waals surface area (Å²) in [5.74, 6) is -0.576. The molecule has 0 spiro atoms. The van der Waals surface area contributed by atoms with E-state index in [0.717, 1.165) is 89.9 Å². The number of allylic oxidation sites excluding steroid dienone is 17. The lowest BCUT2D eigenvalue weighted by Crippen LogP contribution is -2.47. The predicted molar refractivity (Wildman–Crippen MR) is 350 cm³/mol. The average molecular weight is 1150 g/mol. The van der Waals surface area contributed by atoms with Gasteiger partial charge in [-0.25, -0.2) is 4.57 Å². The molecule has 1 amide bonds. The number of carbonyl (C=O) groups excluding carboxylic acids is 2. The first kappa shape index (κ1) is 77.7. The van der Waals surface area contributed by atoms with Crippen molar-refractivity contribution in [1.82, 2.24) is 5.32 Å². The minimum absolute atomic E-state index is 0.0247. The molecule has 0 rings (SSSR count). The van der Waals surface area contributed by atoms with Crippen LogP contribution in [0.3, 0.4) is 0 Å². The molecule has 0 aliphatic rings. The fourth-order valence-electron chi connectivity index (χ4n) is 9.10. The van der Waals surface area contributed by atoms with Crippen LogP contribution in [0.5, 0.6) is 0 Å². The third kappa shape index (κ3) is 61.1. The molecule has 0 aliphatic carbocycles. The molecule has 466 valence electrons. The quantitative estimate of drug-likeness (QED) is 0.0205. The van der Waals surface area contributed by atoms with Gasteiger partial charge in [-0.2, -0.15) is 0 Å². The highest BCUT2D eigenvalue weighted by Crippen LogP contribution is 2.43. The van der Waals surface area contributed by atoms with Crippen molar-refractivity contribution in [1.29, 1.82) is 0 Å². The molecule has 2 N–H and O–H groups in total. The second-order valence-corrected chi connectivity index (χ2v) is 24.7. The highest BCUT2D eigenvalue weighted by atomic mass is 31.2. The molecular formula is C71H126N2O7P+. The Morgan fingerprint density at radius 3 is 1.23 bits per heavy atom. The van der Waals surface area contributed by atoms with Crippen LogP contribution >= 0.6 is 7.82 Å². The predicted octanol–water partition coefficient (Wildman–Crippen LogP) is 20.9. The molecule has 0 aromatic heterocycles. The first-order valence-corrected chi connectivity index (χ1v) is 34.7. The Morgan fingerprint density at radius 2 is 0.802 bits per heavy atom. The van der Waals surface area contributed by atoms with Crippen molar-refractivity contribution in [3.8, 4) is 0 Å². The molecule has 0 heterocycles. The molecule has 3 unspecified atom stereocenters. The zero-order chi connectivity index (χ0) is 59.3. The van der Waals surface area contributed by atoms with E-state index in [-0.39, 0.29) is 37.9 Å². The monoisotopic (exact) mass is 1150 g/mol. The Balaban J connectivity index is 5.23. The molecule has 0 fully saturated rings. The standard InChI is InChI=1S/C71H125N2O7P/c1-7-10-13-16-19-22-25-28-30-32-33-34-35-36-37-38-39-41-43-46-49-52-55-58-61-64-71(75)80-69(62-59-56-53-50-47-44-27-24-21-18-15-12-9-3)68(67-79-81(76,77)78-66-65-73(4,5)6)72-70(74)63-60-57-54-51-48-45-42-40-31-29-26-23-20-17-14-11-8-2/h11,14,19-20,22-23,28-31,33-34,42,45,51,54,59,62,68-69H,7-10,12-13,15-18,21,24-27,32,35-41,43-44,46-50,52-53,55-58,60-61,63-67H2,1-6H3,(H-,72,74,76,77)/p+1/b14-11-,22-19-,23-20-,30-28-,31-29-,34-33-,45-42-,54-51-,62-59-. The van der Waals surface area contributed by atoms with Gasteiger partial charge in [-0.3, -0.25) is 18.6 Å². The van der Waals surface area contributed by atoms with Crippen molar-refractivity contribution in [2.24, 2.45) is 0 Å². The molecule has 9 nitrogen and oxygen atoms in total. The molecule has 0 aromatic rings. The minimum atomic E-state index is -4.47. The zero-order valence-corrected chi connectivity index (χ0v) is 54.1. The van der Waals surface area contributed by atoms with Gasteiger partial charge in [-0.15, -0.1) is 0 Å². The minimum Gasteiger partial charge on any atom is -0.456 e. The third-order valence-electron chi connectivity index (χ3n) is 14.2. The van der Waals surface area contributed by atoms with Crippen LogP contribution in [-0.4, -0.2) is 74.3 Å². The van der Waals surface area contributed by atoms with Crippen molar-refractivity contribution in [2.45, 2.75) is 290 Å². The SMILES string of the molecule is CC/C=C\C/C=C\C/C=C\C/C=C\C/C=C\CCCC(=O)NC(COP(=O)(O)OCC[N+](C)(C)C)C(/C=C\CCCCCCCCCCCCC)OC(=O)CCCCCCCCCCCCCC/C=C\C/C=C\C/C=C\CCCCC. The smallest absolute Gasteiger partial charge is 0.456 e. The number of likely N-dealkylation sites (N-methyl/N-ethyl adjacent to an activating group) is 1. The summed E-state index contributed by atoms with van der Waals surface area (Å²) in [7, 11) is 1.45. The molecule has 3 atom stereocenters. The number of unbranched alkanes of at least 4 members (excludes halogenated alkanes) is 27. The number of phosphoric acid groups is 1. The van der Waals surface area contributed by atoms with E-state index in [1.54, 1.807) is 0 Å². The van der Waals surface area contributed by atoms with Crippen molar-refractivity contribution < 1.29 is 37.3 Å². The normalized spacial score (nSPS) is 14.3. The maximum Gasteiger partial charge on any atom is 0.472 e. The Bertz CT molecular complexity index is 1750.